The maximum absolute atomic E-state index is 9.59. The van der Waals surface area contributed by atoms with Crippen LogP contribution in [0, 0.1) is 6.92 Å². The molecule has 6 nitrogen and oxygen atoms in total. The van der Waals surface area contributed by atoms with E-state index in [9.17, 15) is 5.11 Å². The number of pyridine rings is 1. The van der Waals surface area contributed by atoms with Crippen molar-refractivity contribution in [1.29, 1.82) is 0 Å². The summed E-state index contributed by atoms with van der Waals surface area (Å²) in [5, 5.41) is 13.9. The lowest BCUT2D eigenvalue weighted by molar-refractivity contribution is 0.475. The lowest BCUT2D eigenvalue weighted by atomic mass is 10.2. The van der Waals surface area contributed by atoms with Gasteiger partial charge in [0.15, 0.2) is 5.65 Å². The Balaban J connectivity index is 1.58. The molecule has 0 bridgehead atoms. The van der Waals surface area contributed by atoms with Crippen molar-refractivity contribution in [2.75, 3.05) is 5.32 Å². The fourth-order valence-corrected chi connectivity index (χ4v) is 4.16. The molecule has 0 fully saturated rings. The van der Waals surface area contributed by atoms with Crippen molar-refractivity contribution in [2.24, 2.45) is 0 Å². The number of phenolic OH excluding ortho intramolecular Hbond substituents is 1. The van der Waals surface area contributed by atoms with Crippen molar-refractivity contribution in [3.63, 3.8) is 0 Å². The fourth-order valence-electron chi connectivity index (χ4n) is 3.28. The smallest absolute Gasteiger partial charge is 0.164 e. The van der Waals surface area contributed by atoms with E-state index in [0.717, 1.165) is 32.2 Å². The van der Waals surface area contributed by atoms with Gasteiger partial charge in [-0.05, 0) is 73.7 Å². The highest BCUT2D eigenvalue weighted by Crippen LogP contribution is 2.37. The summed E-state index contributed by atoms with van der Waals surface area (Å²) in [6.45, 7) is 1.95. The van der Waals surface area contributed by atoms with E-state index in [1.807, 2.05) is 55.7 Å². The Morgan fingerprint density at radius 1 is 0.935 bits per heavy atom. The van der Waals surface area contributed by atoms with Crippen LogP contribution >= 0.6 is 11.8 Å². The van der Waals surface area contributed by atoms with Crippen molar-refractivity contribution in [3.05, 3.63) is 91.1 Å². The number of rotatable bonds is 5. The van der Waals surface area contributed by atoms with Crippen LogP contribution in [-0.4, -0.2) is 24.6 Å². The normalized spacial score (nSPS) is 11.0. The molecule has 5 aromatic rings. The highest BCUT2D eigenvalue weighted by Gasteiger charge is 2.11. The number of phenols is 1. The van der Waals surface area contributed by atoms with Crippen LogP contribution in [0.2, 0.25) is 0 Å². The largest absolute Gasteiger partial charge is 0.508 e. The maximum atomic E-state index is 9.59. The first kappa shape index (κ1) is 19.1. The lowest BCUT2D eigenvalue weighted by Gasteiger charge is -2.15. The number of aromatic nitrogens is 4. The quantitative estimate of drug-likeness (QED) is 0.375. The van der Waals surface area contributed by atoms with Gasteiger partial charge in [-0.15, -0.1) is 0 Å². The highest BCUT2D eigenvalue weighted by molar-refractivity contribution is 7.99. The number of aromatic hydroxyl groups is 1. The Morgan fingerprint density at radius 3 is 2.55 bits per heavy atom. The van der Waals surface area contributed by atoms with Gasteiger partial charge in [-0.3, -0.25) is 0 Å². The van der Waals surface area contributed by atoms with E-state index in [1.165, 1.54) is 6.33 Å². The Morgan fingerprint density at radius 2 is 1.74 bits per heavy atom. The van der Waals surface area contributed by atoms with Gasteiger partial charge in [-0.1, -0.05) is 11.8 Å². The Hall–Kier alpha value is -3.84. The SMILES string of the molecule is Cc1ccc2c(Nc3cc(-n4cccc4)ccc3Sc3ccc(O)cc3)ncnc2n1. The molecule has 5 rings (SSSR count). The molecule has 3 aromatic heterocycles. The average molecular weight is 426 g/mol. The second kappa shape index (κ2) is 8.12. The molecule has 7 heteroatoms. The number of nitrogens with zero attached hydrogens (tertiary/aromatic N) is 4. The Kier molecular flexibility index (Phi) is 5.01. The number of nitrogens with one attached hydrogen (secondary N) is 1. The number of hydrogen-bond donors (Lipinski definition) is 2. The molecule has 3 heterocycles. The summed E-state index contributed by atoms with van der Waals surface area (Å²) in [6, 6.07) is 21.4. The maximum Gasteiger partial charge on any atom is 0.164 e. The summed E-state index contributed by atoms with van der Waals surface area (Å²) < 4.78 is 2.06. The monoisotopic (exact) mass is 425 g/mol. The molecule has 31 heavy (non-hydrogen) atoms. The van der Waals surface area contributed by atoms with Crippen molar-refractivity contribution in [1.82, 2.24) is 19.5 Å². The van der Waals surface area contributed by atoms with Crippen LogP contribution in [0.1, 0.15) is 5.69 Å². The van der Waals surface area contributed by atoms with Crippen LogP contribution < -0.4 is 5.32 Å². The molecule has 0 atom stereocenters. The van der Waals surface area contributed by atoms with E-state index >= 15 is 0 Å². The summed E-state index contributed by atoms with van der Waals surface area (Å²) in [7, 11) is 0. The molecule has 0 aliphatic carbocycles. The first-order chi connectivity index (χ1) is 15.2. The zero-order valence-electron chi connectivity index (χ0n) is 16.7. The summed E-state index contributed by atoms with van der Waals surface area (Å²) in [5.41, 5.74) is 3.53. The lowest BCUT2D eigenvalue weighted by Crippen LogP contribution is -2.00. The number of anilines is 2. The zero-order valence-corrected chi connectivity index (χ0v) is 17.5. The van der Waals surface area contributed by atoms with E-state index < -0.39 is 0 Å². The van der Waals surface area contributed by atoms with Crippen molar-refractivity contribution >= 4 is 34.3 Å². The molecule has 0 unspecified atom stereocenters. The van der Waals surface area contributed by atoms with E-state index in [4.69, 9.17) is 0 Å². The molecule has 0 aliphatic heterocycles. The van der Waals surface area contributed by atoms with E-state index in [2.05, 4.69) is 43.0 Å². The molecule has 0 spiro atoms. The molecule has 0 amide bonds. The molecule has 0 saturated carbocycles. The Bertz CT molecular complexity index is 1350. The van der Waals surface area contributed by atoms with E-state index in [-0.39, 0.29) is 5.75 Å². The van der Waals surface area contributed by atoms with Crippen LogP contribution in [0.4, 0.5) is 11.5 Å². The molecule has 2 N–H and O–H groups in total. The molecular formula is C24H19N5OS. The van der Waals surface area contributed by atoms with Crippen molar-refractivity contribution in [2.45, 2.75) is 16.7 Å². The standard InChI is InChI=1S/C24H19N5OS/c1-16-4-10-20-23(27-16)25-15-26-24(20)28-21-14-17(29-12-2-3-13-29)5-11-22(21)31-19-8-6-18(30)7-9-19/h2-15,30H,1H3,(H,25,26,27,28). The summed E-state index contributed by atoms with van der Waals surface area (Å²) >= 11 is 1.61. The summed E-state index contributed by atoms with van der Waals surface area (Å²) in [5.74, 6) is 0.954. The predicted molar refractivity (Wildman–Crippen MR) is 123 cm³/mol. The van der Waals surface area contributed by atoms with E-state index in [1.54, 1.807) is 23.9 Å². The third-order valence-corrected chi connectivity index (χ3v) is 5.90. The van der Waals surface area contributed by atoms with Crippen LogP contribution in [0.25, 0.3) is 16.7 Å². The summed E-state index contributed by atoms with van der Waals surface area (Å²) in [6.07, 6.45) is 5.55. The number of fused-ring (bicyclic) bond motifs is 1. The third kappa shape index (κ3) is 4.08. The molecule has 152 valence electrons. The topological polar surface area (TPSA) is 75.9 Å². The van der Waals surface area contributed by atoms with E-state index in [0.29, 0.717) is 11.5 Å². The van der Waals surface area contributed by atoms with Crippen molar-refractivity contribution < 1.29 is 5.11 Å². The third-order valence-electron chi connectivity index (χ3n) is 4.82. The minimum Gasteiger partial charge on any atom is -0.508 e. The van der Waals surface area contributed by atoms with Gasteiger partial charge in [0.2, 0.25) is 0 Å². The number of benzene rings is 2. The van der Waals surface area contributed by atoms with Gasteiger partial charge in [-0.2, -0.15) is 0 Å². The van der Waals surface area contributed by atoms with Gasteiger partial charge < -0.3 is 15.0 Å². The number of aryl methyl sites for hydroxylation is 1. The predicted octanol–water partition coefficient (Wildman–Crippen LogP) is 5.72. The summed E-state index contributed by atoms with van der Waals surface area (Å²) in [4.78, 5) is 15.4. The molecule has 0 saturated heterocycles. The Labute approximate surface area is 183 Å². The first-order valence-electron chi connectivity index (χ1n) is 9.75. The molecule has 2 aromatic carbocycles. The van der Waals surface area contributed by atoms with Gasteiger partial charge >= 0.3 is 0 Å². The first-order valence-corrected chi connectivity index (χ1v) is 10.6. The van der Waals surface area contributed by atoms with Gasteiger partial charge in [0, 0.05) is 33.6 Å². The second-order valence-corrected chi connectivity index (χ2v) is 8.15. The minimum absolute atomic E-state index is 0.251. The van der Waals surface area contributed by atoms with Crippen LogP contribution in [0.3, 0.4) is 0 Å². The van der Waals surface area contributed by atoms with Gasteiger partial charge in [0.05, 0.1) is 11.1 Å². The molecule has 0 aliphatic rings. The van der Waals surface area contributed by atoms with Crippen LogP contribution in [-0.2, 0) is 0 Å². The van der Waals surface area contributed by atoms with Crippen LogP contribution in [0.5, 0.6) is 5.75 Å². The second-order valence-electron chi connectivity index (χ2n) is 7.04. The minimum atomic E-state index is 0.251. The van der Waals surface area contributed by atoms with Gasteiger partial charge in [0.25, 0.3) is 0 Å². The van der Waals surface area contributed by atoms with Crippen LogP contribution in [0.15, 0.2) is 95.2 Å². The van der Waals surface area contributed by atoms with Crippen molar-refractivity contribution in [3.8, 4) is 11.4 Å². The highest BCUT2D eigenvalue weighted by atomic mass is 32.2. The average Bonchev–Trinajstić information content (AvgIpc) is 3.31. The molecular weight excluding hydrogens is 406 g/mol. The molecule has 0 radical (unpaired) electrons. The van der Waals surface area contributed by atoms with Gasteiger partial charge in [0.1, 0.15) is 17.9 Å². The number of hydrogen-bond acceptors (Lipinski definition) is 6. The zero-order chi connectivity index (χ0) is 21.2. The fraction of sp³-hybridized carbons (Fsp3) is 0.0417. The van der Waals surface area contributed by atoms with Gasteiger partial charge in [-0.25, -0.2) is 15.0 Å².